The number of hydrogen-bond donors (Lipinski definition) is 3. The average Bonchev–Trinajstić information content (AvgIpc) is 2.39. The molecule has 0 radical (unpaired) electrons. The topological polar surface area (TPSA) is 102 Å². The zero-order valence-electron chi connectivity index (χ0n) is 10.5. The van der Waals surface area contributed by atoms with Crippen molar-refractivity contribution in [2.45, 2.75) is 25.3 Å². The van der Waals surface area contributed by atoms with Crippen molar-refractivity contribution in [2.24, 2.45) is 5.73 Å². The second-order valence-electron chi connectivity index (χ2n) is 4.12. The molecule has 1 aromatic carbocycles. The van der Waals surface area contributed by atoms with Gasteiger partial charge < -0.3 is 15.7 Å². The van der Waals surface area contributed by atoms with Crippen LogP contribution in [0, 0.1) is 0 Å². The summed E-state index contributed by atoms with van der Waals surface area (Å²) in [6.07, 6.45) is 1.05. The van der Waals surface area contributed by atoms with Crippen LogP contribution in [0.25, 0.3) is 0 Å². The molecule has 0 aliphatic carbocycles. The maximum absolute atomic E-state index is 11.4. The number of nitrogens with two attached hydrogens (primary N) is 1. The molecule has 0 spiro atoms. The zero-order chi connectivity index (χ0) is 14.1. The Morgan fingerprint density at radius 1 is 1.32 bits per heavy atom. The minimum absolute atomic E-state index is 0.197. The number of hydrogen-bond acceptors (Lipinski definition) is 5. The Balaban J connectivity index is 2.10. The van der Waals surface area contributed by atoms with E-state index >= 15 is 0 Å². The second kappa shape index (κ2) is 8.23. The molecule has 0 aliphatic heterocycles. The van der Waals surface area contributed by atoms with Crippen molar-refractivity contribution in [2.75, 3.05) is 6.54 Å². The van der Waals surface area contributed by atoms with E-state index in [0.717, 1.165) is 5.56 Å². The molecular weight excluding hydrogens is 248 g/mol. The summed E-state index contributed by atoms with van der Waals surface area (Å²) in [5, 5.41) is 8.56. The van der Waals surface area contributed by atoms with Gasteiger partial charge >= 0.3 is 11.9 Å². The van der Waals surface area contributed by atoms with Crippen LogP contribution in [0.4, 0.5) is 0 Å². The van der Waals surface area contributed by atoms with Crippen LogP contribution in [0.15, 0.2) is 30.3 Å². The molecule has 6 nitrogen and oxygen atoms in total. The normalized spacial score (nSPS) is 11.8. The monoisotopic (exact) mass is 266 g/mol. The first-order valence-corrected chi connectivity index (χ1v) is 6.04. The largest absolute Gasteiger partial charge is 0.480 e. The summed E-state index contributed by atoms with van der Waals surface area (Å²) >= 11 is 0. The fourth-order valence-corrected chi connectivity index (χ4v) is 1.45. The molecule has 0 saturated carbocycles. The van der Waals surface area contributed by atoms with Crippen molar-refractivity contribution >= 4 is 11.9 Å². The minimum atomic E-state index is -1.03. The standard InChI is InChI=1S/C13H18N2O4/c14-11(13(17)18)7-4-8-15-19-12(16)9-10-5-2-1-3-6-10/h1-3,5-6,11,15H,4,7-9,14H2,(H,17,18)/t11-/m0/s1. The van der Waals surface area contributed by atoms with Crippen molar-refractivity contribution in [3.63, 3.8) is 0 Å². The summed E-state index contributed by atoms with van der Waals surface area (Å²) in [4.78, 5) is 26.7. The predicted molar refractivity (Wildman–Crippen MR) is 69.1 cm³/mol. The number of aliphatic carboxylic acids is 1. The van der Waals surface area contributed by atoms with E-state index in [1.807, 2.05) is 30.3 Å². The number of carboxylic acids is 1. The maximum atomic E-state index is 11.4. The van der Waals surface area contributed by atoms with E-state index < -0.39 is 12.0 Å². The molecule has 6 heteroatoms. The first-order valence-electron chi connectivity index (χ1n) is 6.04. The van der Waals surface area contributed by atoms with Gasteiger partial charge in [0, 0.05) is 6.54 Å². The van der Waals surface area contributed by atoms with E-state index in [4.69, 9.17) is 15.7 Å². The third-order valence-corrected chi connectivity index (χ3v) is 2.49. The molecular formula is C13H18N2O4. The predicted octanol–water partition coefficient (Wildman–Crippen LogP) is 0.469. The Kier molecular flexibility index (Phi) is 6.56. The van der Waals surface area contributed by atoms with Gasteiger partial charge in [0.2, 0.25) is 0 Å². The Morgan fingerprint density at radius 2 is 2.00 bits per heavy atom. The van der Waals surface area contributed by atoms with Crippen LogP contribution < -0.4 is 11.2 Å². The van der Waals surface area contributed by atoms with E-state index in [1.54, 1.807) is 0 Å². The molecule has 0 aliphatic rings. The summed E-state index contributed by atoms with van der Waals surface area (Å²) in [6, 6.07) is 8.38. The van der Waals surface area contributed by atoms with Gasteiger partial charge in [0.1, 0.15) is 6.04 Å². The van der Waals surface area contributed by atoms with Gasteiger partial charge in [-0.2, -0.15) is 5.48 Å². The molecule has 4 N–H and O–H groups in total. The molecule has 1 rings (SSSR count). The zero-order valence-corrected chi connectivity index (χ0v) is 10.5. The fraction of sp³-hybridized carbons (Fsp3) is 0.385. The SMILES string of the molecule is N[C@@H](CCCNOC(=O)Cc1ccccc1)C(=O)O. The molecule has 0 fully saturated rings. The summed E-state index contributed by atoms with van der Waals surface area (Å²) in [5.74, 6) is -1.41. The highest BCUT2D eigenvalue weighted by molar-refractivity contribution is 5.73. The lowest BCUT2D eigenvalue weighted by atomic mass is 10.2. The average molecular weight is 266 g/mol. The molecule has 0 bridgehead atoms. The van der Waals surface area contributed by atoms with Crippen LogP contribution in [0.2, 0.25) is 0 Å². The van der Waals surface area contributed by atoms with Crippen LogP contribution >= 0.6 is 0 Å². The number of carbonyl (C=O) groups is 2. The van der Waals surface area contributed by atoms with Gasteiger partial charge in [0.15, 0.2) is 0 Å². The van der Waals surface area contributed by atoms with E-state index in [0.29, 0.717) is 19.4 Å². The highest BCUT2D eigenvalue weighted by Gasteiger charge is 2.10. The molecule has 0 aromatic heterocycles. The maximum Gasteiger partial charge on any atom is 0.329 e. The van der Waals surface area contributed by atoms with Crippen molar-refractivity contribution in [1.29, 1.82) is 0 Å². The number of carboxylic acid groups (broad SMARTS) is 1. The summed E-state index contributed by atoms with van der Waals surface area (Å²) in [5.41, 5.74) is 8.70. The van der Waals surface area contributed by atoms with Crippen molar-refractivity contribution in [3.05, 3.63) is 35.9 Å². The second-order valence-corrected chi connectivity index (χ2v) is 4.12. The van der Waals surface area contributed by atoms with Crippen LogP contribution in [0.5, 0.6) is 0 Å². The van der Waals surface area contributed by atoms with Gasteiger partial charge in [-0.05, 0) is 18.4 Å². The Hall–Kier alpha value is -1.92. The van der Waals surface area contributed by atoms with Gasteiger partial charge in [0.05, 0.1) is 6.42 Å². The smallest absolute Gasteiger partial charge is 0.329 e. The van der Waals surface area contributed by atoms with E-state index in [9.17, 15) is 9.59 Å². The van der Waals surface area contributed by atoms with Crippen LogP contribution in [0.3, 0.4) is 0 Å². The molecule has 0 heterocycles. The lowest BCUT2D eigenvalue weighted by molar-refractivity contribution is -0.150. The van der Waals surface area contributed by atoms with Crippen molar-refractivity contribution < 1.29 is 19.5 Å². The molecule has 19 heavy (non-hydrogen) atoms. The van der Waals surface area contributed by atoms with Crippen LogP contribution in [-0.4, -0.2) is 29.6 Å². The van der Waals surface area contributed by atoms with Gasteiger partial charge in [-0.1, -0.05) is 30.3 Å². The molecule has 1 atom stereocenters. The number of benzene rings is 1. The van der Waals surface area contributed by atoms with Crippen molar-refractivity contribution in [3.8, 4) is 0 Å². The number of nitrogens with one attached hydrogen (secondary N) is 1. The highest BCUT2D eigenvalue weighted by Crippen LogP contribution is 2.00. The lowest BCUT2D eigenvalue weighted by Crippen LogP contribution is -2.31. The minimum Gasteiger partial charge on any atom is -0.480 e. The van der Waals surface area contributed by atoms with E-state index in [-0.39, 0.29) is 12.4 Å². The Labute approximate surface area is 111 Å². The first kappa shape index (κ1) is 15.1. The molecule has 0 amide bonds. The summed E-state index contributed by atoms with van der Waals surface area (Å²) in [6.45, 7) is 0.376. The Bertz CT molecular complexity index is 408. The molecule has 0 saturated heterocycles. The molecule has 1 aromatic rings. The van der Waals surface area contributed by atoms with E-state index in [1.165, 1.54) is 0 Å². The number of carbonyl (C=O) groups excluding carboxylic acids is 1. The van der Waals surface area contributed by atoms with E-state index in [2.05, 4.69) is 5.48 Å². The third kappa shape index (κ3) is 6.54. The highest BCUT2D eigenvalue weighted by atomic mass is 16.7. The quantitative estimate of drug-likeness (QED) is 0.467. The summed E-state index contributed by atoms with van der Waals surface area (Å²) in [7, 11) is 0. The van der Waals surface area contributed by atoms with Crippen LogP contribution in [0.1, 0.15) is 18.4 Å². The third-order valence-electron chi connectivity index (χ3n) is 2.49. The van der Waals surface area contributed by atoms with Gasteiger partial charge in [-0.3, -0.25) is 9.59 Å². The molecule has 0 unspecified atom stereocenters. The lowest BCUT2D eigenvalue weighted by Gasteiger charge is -2.07. The Morgan fingerprint density at radius 3 is 2.63 bits per heavy atom. The number of hydroxylamine groups is 1. The van der Waals surface area contributed by atoms with Crippen LogP contribution in [-0.2, 0) is 20.8 Å². The molecule has 104 valence electrons. The fourth-order valence-electron chi connectivity index (χ4n) is 1.45. The van der Waals surface area contributed by atoms with Gasteiger partial charge in [0.25, 0.3) is 0 Å². The summed E-state index contributed by atoms with van der Waals surface area (Å²) < 4.78 is 0. The van der Waals surface area contributed by atoms with Gasteiger partial charge in [-0.15, -0.1) is 0 Å². The van der Waals surface area contributed by atoms with Crippen molar-refractivity contribution in [1.82, 2.24) is 5.48 Å². The number of rotatable bonds is 8. The first-order chi connectivity index (χ1) is 9.09. The van der Waals surface area contributed by atoms with Gasteiger partial charge in [-0.25, -0.2) is 0 Å².